The maximum atomic E-state index is 11.2. The SMILES string of the molecule is CO[C@@H]1[C@@H](OC(C)=O)[C@@H](COC(C)=O)OC[C@H]1OC. The van der Waals surface area contributed by atoms with Crippen LogP contribution in [0.25, 0.3) is 0 Å². The van der Waals surface area contributed by atoms with E-state index in [1.165, 1.54) is 28.1 Å². The zero-order chi connectivity index (χ0) is 14.4. The van der Waals surface area contributed by atoms with Crippen LogP contribution >= 0.6 is 0 Å². The van der Waals surface area contributed by atoms with Crippen molar-refractivity contribution in [1.82, 2.24) is 0 Å². The average molecular weight is 276 g/mol. The summed E-state index contributed by atoms with van der Waals surface area (Å²) in [5.74, 6) is -0.881. The first kappa shape index (κ1) is 15.9. The van der Waals surface area contributed by atoms with Crippen LogP contribution in [0.1, 0.15) is 13.8 Å². The smallest absolute Gasteiger partial charge is 0.303 e. The van der Waals surface area contributed by atoms with E-state index in [0.29, 0.717) is 0 Å². The highest BCUT2D eigenvalue weighted by molar-refractivity contribution is 5.66. The van der Waals surface area contributed by atoms with Crippen molar-refractivity contribution in [1.29, 1.82) is 0 Å². The molecule has 0 saturated carbocycles. The van der Waals surface area contributed by atoms with Gasteiger partial charge in [-0.15, -0.1) is 0 Å². The lowest BCUT2D eigenvalue weighted by Crippen LogP contribution is -2.57. The van der Waals surface area contributed by atoms with E-state index in [-0.39, 0.29) is 19.3 Å². The number of hydrogen-bond acceptors (Lipinski definition) is 7. The predicted molar refractivity (Wildman–Crippen MR) is 63.5 cm³/mol. The molecule has 1 aliphatic heterocycles. The summed E-state index contributed by atoms with van der Waals surface area (Å²) >= 11 is 0. The Labute approximate surface area is 112 Å². The molecule has 0 radical (unpaired) electrons. The van der Waals surface area contributed by atoms with Crippen LogP contribution < -0.4 is 0 Å². The number of rotatable bonds is 5. The molecule has 0 bridgehead atoms. The maximum absolute atomic E-state index is 11.2. The molecule has 0 spiro atoms. The van der Waals surface area contributed by atoms with E-state index in [2.05, 4.69) is 0 Å². The molecule has 0 unspecified atom stereocenters. The van der Waals surface area contributed by atoms with Crippen LogP contribution in [0.15, 0.2) is 0 Å². The number of esters is 2. The molecule has 7 nitrogen and oxygen atoms in total. The highest BCUT2D eigenvalue weighted by Gasteiger charge is 2.43. The van der Waals surface area contributed by atoms with Gasteiger partial charge in [0.25, 0.3) is 0 Å². The number of carbonyl (C=O) groups is 2. The normalized spacial score (nSPS) is 30.7. The Morgan fingerprint density at radius 3 is 2.26 bits per heavy atom. The van der Waals surface area contributed by atoms with Crippen molar-refractivity contribution in [2.45, 2.75) is 38.3 Å². The minimum atomic E-state index is -0.680. The average Bonchev–Trinajstić information content (AvgIpc) is 2.35. The molecule has 0 aromatic heterocycles. The van der Waals surface area contributed by atoms with Gasteiger partial charge < -0.3 is 23.7 Å². The molecule has 1 aliphatic rings. The minimum Gasteiger partial charge on any atom is -0.463 e. The van der Waals surface area contributed by atoms with Crippen molar-refractivity contribution in [2.24, 2.45) is 0 Å². The number of ether oxygens (including phenoxy) is 5. The van der Waals surface area contributed by atoms with E-state index in [0.717, 1.165) is 0 Å². The molecule has 1 heterocycles. The molecule has 7 heteroatoms. The van der Waals surface area contributed by atoms with Gasteiger partial charge in [0.2, 0.25) is 0 Å². The lowest BCUT2D eigenvalue weighted by molar-refractivity contribution is -0.225. The summed E-state index contributed by atoms with van der Waals surface area (Å²) < 4.78 is 26.2. The number of hydrogen-bond donors (Lipinski definition) is 0. The second-order valence-electron chi connectivity index (χ2n) is 4.22. The van der Waals surface area contributed by atoms with Gasteiger partial charge in [-0.05, 0) is 0 Å². The highest BCUT2D eigenvalue weighted by Crippen LogP contribution is 2.23. The lowest BCUT2D eigenvalue weighted by atomic mass is 10.00. The summed E-state index contributed by atoms with van der Waals surface area (Å²) in [6, 6.07) is 0. The minimum absolute atomic E-state index is 0.00355. The number of methoxy groups -OCH3 is 2. The Bertz CT molecular complexity index is 317. The molecule has 4 atom stereocenters. The maximum Gasteiger partial charge on any atom is 0.303 e. The van der Waals surface area contributed by atoms with Gasteiger partial charge in [0.15, 0.2) is 6.10 Å². The van der Waals surface area contributed by atoms with Crippen LogP contribution in [0.2, 0.25) is 0 Å². The van der Waals surface area contributed by atoms with Gasteiger partial charge in [0, 0.05) is 28.1 Å². The molecule has 1 fully saturated rings. The van der Waals surface area contributed by atoms with Crippen molar-refractivity contribution in [3.05, 3.63) is 0 Å². The third-order valence-electron chi connectivity index (χ3n) is 2.86. The third-order valence-corrected chi connectivity index (χ3v) is 2.86. The Balaban J connectivity index is 2.77. The van der Waals surface area contributed by atoms with E-state index >= 15 is 0 Å². The summed E-state index contributed by atoms with van der Waals surface area (Å²) in [4.78, 5) is 22.0. The summed E-state index contributed by atoms with van der Waals surface area (Å²) in [7, 11) is 3.03. The highest BCUT2D eigenvalue weighted by atomic mass is 16.6. The molecule has 1 saturated heterocycles. The molecule has 0 aromatic rings. The molecule has 1 rings (SSSR count). The molecule has 0 aromatic carbocycles. The lowest BCUT2D eigenvalue weighted by Gasteiger charge is -2.40. The summed E-state index contributed by atoms with van der Waals surface area (Å²) in [6.07, 6.45) is -2.06. The van der Waals surface area contributed by atoms with Crippen molar-refractivity contribution in [3.8, 4) is 0 Å². The largest absolute Gasteiger partial charge is 0.463 e. The van der Waals surface area contributed by atoms with Gasteiger partial charge in [-0.2, -0.15) is 0 Å². The van der Waals surface area contributed by atoms with Gasteiger partial charge in [-0.1, -0.05) is 0 Å². The van der Waals surface area contributed by atoms with Crippen LogP contribution in [0.3, 0.4) is 0 Å². The third kappa shape index (κ3) is 4.45. The van der Waals surface area contributed by atoms with E-state index in [9.17, 15) is 9.59 Å². The number of carbonyl (C=O) groups excluding carboxylic acids is 2. The summed E-state index contributed by atoms with van der Waals surface area (Å²) in [5.41, 5.74) is 0. The van der Waals surface area contributed by atoms with E-state index in [4.69, 9.17) is 23.7 Å². The van der Waals surface area contributed by atoms with Crippen LogP contribution in [0.4, 0.5) is 0 Å². The van der Waals surface area contributed by atoms with Gasteiger partial charge in [0.1, 0.15) is 24.9 Å². The predicted octanol–water partition coefficient (Wildman–Crippen LogP) is -0.0900. The van der Waals surface area contributed by atoms with Crippen molar-refractivity contribution < 1.29 is 33.3 Å². The zero-order valence-corrected chi connectivity index (χ0v) is 11.6. The molecule has 19 heavy (non-hydrogen) atoms. The van der Waals surface area contributed by atoms with E-state index in [1.807, 2.05) is 0 Å². The van der Waals surface area contributed by atoms with Crippen molar-refractivity contribution in [2.75, 3.05) is 27.4 Å². The van der Waals surface area contributed by atoms with E-state index in [1.54, 1.807) is 0 Å². The van der Waals surface area contributed by atoms with Crippen molar-refractivity contribution >= 4 is 11.9 Å². The first-order chi connectivity index (χ1) is 8.99. The van der Waals surface area contributed by atoms with Crippen LogP contribution in [-0.4, -0.2) is 63.8 Å². The van der Waals surface area contributed by atoms with Crippen LogP contribution in [0.5, 0.6) is 0 Å². The van der Waals surface area contributed by atoms with Gasteiger partial charge in [0.05, 0.1) is 6.61 Å². The molecular weight excluding hydrogens is 256 g/mol. The zero-order valence-electron chi connectivity index (χ0n) is 11.6. The van der Waals surface area contributed by atoms with Crippen LogP contribution in [0, 0.1) is 0 Å². The summed E-state index contributed by atoms with van der Waals surface area (Å²) in [5, 5.41) is 0. The van der Waals surface area contributed by atoms with Crippen LogP contribution in [-0.2, 0) is 33.3 Å². The van der Waals surface area contributed by atoms with E-state index < -0.39 is 30.3 Å². The van der Waals surface area contributed by atoms with Gasteiger partial charge in [-0.3, -0.25) is 9.59 Å². The quantitative estimate of drug-likeness (QED) is 0.649. The topological polar surface area (TPSA) is 80.3 Å². The molecule has 110 valence electrons. The van der Waals surface area contributed by atoms with Crippen molar-refractivity contribution in [3.63, 3.8) is 0 Å². The molecule has 0 amide bonds. The fourth-order valence-electron chi connectivity index (χ4n) is 2.00. The molecular formula is C12H20O7. The Kier molecular flexibility index (Phi) is 6.20. The fourth-order valence-corrected chi connectivity index (χ4v) is 2.00. The standard InChI is InChI=1S/C12H20O7/c1-7(13)17-6-10-12(19-8(2)14)11(16-4)9(15-3)5-18-10/h9-12H,5-6H2,1-4H3/t9-,10-,11+,12+/m1/s1. The Morgan fingerprint density at radius 2 is 1.79 bits per heavy atom. The first-order valence-electron chi connectivity index (χ1n) is 5.97. The first-order valence-corrected chi connectivity index (χ1v) is 5.97. The Morgan fingerprint density at radius 1 is 1.11 bits per heavy atom. The second-order valence-corrected chi connectivity index (χ2v) is 4.22. The second kappa shape index (κ2) is 7.42. The van der Waals surface area contributed by atoms with Gasteiger partial charge in [-0.25, -0.2) is 0 Å². The monoisotopic (exact) mass is 276 g/mol. The Hall–Kier alpha value is -1.18. The van der Waals surface area contributed by atoms with Gasteiger partial charge >= 0.3 is 11.9 Å². The summed E-state index contributed by atoms with van der Waals surface area (Å²) in [6.45, 7) is 2.88. The molecule has 0 N–H and O–H groups in total. The molecule has 0 aliphatic carbocycles. The fraction of sp³-hybridized carbons (Fsp3) is 0.833.